The van der Waals surface area contributed by atoms with Gasteiger partial charge in [0.05, 0.1) is 9.88 Å². The van der Waals surface area contributed by atoms with Gasteiger partial charge >= 0.3 is 0 Å². The summed E-state index contributed by atoms with van der Waals surface area (Å²) in [5, 5.41) is 0.936. The molecule has 1 aromatic heterocycles. The average molecular weight is 184 g/mol. The van der Waals surface area contributed by atoms with Crippen LogP contribution in [0.15, 0.2) is 6.20 Å². The van der Waals surface area contributed by atoms with Crippen molar-refractivity contribution in [3.8, 4) is 0 Å². The summed E-state index contributed by atoms with van der Waals surface area (Å²) in [5.41, 5.74) is 5.30. The summed E-state index contributed by atoms with van der Waals surface area (Å²) < 4.78 is 0. The van der Waals surface area contributed by atoms with Crippen LogP contribution in [-0.2, 0) is 0 Å². The van der Waals surface area contributed by atoms with Crippen molar-refractivity contribution in [2.75, 3.05) is 6.54 Å². The van der Waals surface area contributed by atoms with Crippen molar-refractivity contribution in [3.63, 3.8) is 0 Å². The van der Waals surface area contributed by atoms with E-state index in [1.54, 1.807) is 6.20 Å². The summed E-state index contributed by atoms with van der Waals surface area (Å²) in [6, 6.07) is 0. The molecule has 0 radical (unpaired) electrons. The normalized spacial score (nSPS) is 10.2. The lowest BCUT2D eigenvalue weighted by atomic mass is 10.2. The summed E-state index contributed by atoms with van der Waals surface area (Å²) in [6.07, 6.45) is 2.94. The summed E-state index contributed by atoms with van der Waals surface area (Å²) in [7, 11) is 0. The first-order valence-corrected chi connectivity index (χ1v) is 4.71. The number of carbonyl (C=O) groups is 1. The highest BCUT2D eigenvalue weighted by Crippen LogP contribution is 2.13. The molecule has 1 aromatic rings. The maximum absolute atomic E-state index is 11.3. The average Bonchev–Trinajstić information content (AvgIpc) is 2.47. The topological polar surface area (TPSA) is 56.0 Å². The molecule has 0 saturated heterocycles. The molecular formula is C8H12N2OS. The van der Waals surface area contributed by atoms with Crippen LogP contribution in [0, 0.1) is 6.92 Å². The van der Waals surface area contributed by atoms with Gasteiger partial charge in [-0.2, -0.15) is 0 Å². The van der Waals surface area contributed by atoms with Crippen LogP contribution in [0.2, 0.25) is 0 Å². The predicted octanol–water partition coefficient (Wildman–Crippen LogP) is 1.37. The second-order valence-corrected chi connectivity index (χ2v) is 3.79. The van der Waals surface area contributed by atoms with Crippen LogP contribution in [-0.4, -0.2) is 17.3 Å². The third kappa shape index (κ3) is 2.39. The zero-order valence-electron chi connectivity index (χ0n) is 7.04. The largest absolute Gasteiger partial charge is 0.330 e. The molecule has 0 atom stereocenters. The van der Waals surface area contributed by atoms with Gasteiger partial charge in [0, 0.05) is 12.6 Å². The van der Waals surface area contributed by atoms with E-state index in [4.69, 9.17) is 5.73 Å². The molecule has 1 heterocycles. The number of hydrogen-bond acceptors (Lipinski definition) is 4. The van der Waals surface area contributed by atoms with Gasteiger partial charge in [0.1, 0.15) is 0 Å². The number of rotatable bonds is 4. The van der Waals surface area contributed by atoms with E-state index in [-0.39, 0.29) is 5.78 Å². The Morgan fingerprint density at radius 3 is 3.00 bits per heavy atom. The van der Waals surface area contributed by atoms with Crippen molar-refractivity contribution in [3.05, 3.63) is 16.1 Å². The molecule has 0 bridgehead atoms. The van der Waals surface area contributed by atoms with Gasteiger partial charge < -0.3 is 5.73 Å². The van der Waals surface area contributed by atoms with E-state index in [1.807, 2.05) is 6.92 Å². The van der Waals surface area contributed by atoms with Gasteiger partial charge in [-0.15, -0.1) is 11.3 Å². The molecule has 12 heavy (non-hydrogen) atoms. The quantitative estimate of drug-likeness (QED) is 0.719. The van der Waals surface area contributed by atoms with Gasteiger partial charge in [-0.05, 0) is 19.9 Å². The summed E-state index contributed by atoms with van der Waals surface area (Å²) >= 11 is 1.44. The molecule has 3 nitrogen and oxygen atoms in total. The third-order valence-corrected chi connectivity index (χ3v) is 2.46. The molecule has 0 aliphatic heterocycles. The van der Waals surface area contributed by atoms with Crippen molar-refractivity contribution < 1.29 is 4.79 Å². The number of aromatic nitrogens is 1. The first-order valence-electron chi connectivity index (χ1n) is 3.89. The van der Waals surface area contributed by atoms with Crippen LogP contribution in [0.25, 0.3) is 0 Å². The number of thiazole rings is 1. The fraction of sp³-hybridized carbons (Fsp3) is 0.500. The van der Waals surface area contributed by atoms with Gasteiger partial charge in [-0.3, -0.25) is 4.79 Å². The lowest BCUT2D eigenvalue weighted by molar-refractivity contribution is 0.0984. The Morgan fingerprint density at radius 1 is 1.75 bits per heavy atom. The fourth-order valence-electron chi connectivity index (χ4n) is 0.876. The van der Waals surface area contributed by atoms with E-state index in [2.05, 4.69) is 4.98 Å². The van der Waals surface area contributed by atoms with Gasteiger partial charge in [-0.25, -0.2) is 4.98 Å². The molecule has 0 fully saturated rings. The second kappa shape index (κ2) is 4.33. The molecule has 2 N–H and O–H groups in total. The molecule has 0 amide bonds. The second-order valence-electron chi connectivity index (χ2n) is 2.56. The lowest BCUT2D eigenvalue weighted by Gasteiger charge is -1.93. The standard InChI is InChI=1S/C8H12N2OS/c1-6-10-5-8(12-6)7(11)3-2-4-9/h5H,2-4,9H2,1H3. The Labute approximate surface area is 75.6 Å². The molecule has 0 aliphatic rings. The minimum Gasteiger partial charge on any atom is -0.330 e. The molecule has 4 heteroatoms. The van der Waals surface area contributed by atoms with E-state index in [1.165, 1.54) is 11.3 Å². The van der Waals surface area contributed by atoms with Crippen LogP contribution in [0.4, 0.5) is 0 Å². The number of carbonyl (C=O) groups excluding carboxylic acids is 1. The predicted molar refractivity (Wildman–Crippen MR) is 49.5 cm³/mol. The van der Waals surface area contributed by atoms with Crippen LogP contribution >= 0.6 is 11.3 Å². The third-order valence-electron chi connectivity index (χ3n) is 1.50. The van der Waals surface area contributed by atoms with Gasteiger partial charge in [-0.1, -0.05) is 0 Å². The van der Waals surface area contributed by atoms with Crippen LogP contribution in [0.1, 0.15) is 27.5 Å². The van der Waals surface area contributed by atoms with Crippen LogP contribution in [0.3, 0.4) is 0 Å². The monoisotopic (exact) mass is 184 g/mol. The zero-order chi connectivity index (χ0) is 8.97. The molecule has 0 aromatic carbocycles. The van der Waals surface area contributed by atoms with Crippen molar-refractivity contribution in [1.29, 1.82) is 0 Å². The molecular weight excluding hydrogens is 172 g/mol. The minimum absolute atomic E-state index is 0.158. The van der Waals surface area contributed by atoms with Crippen molar-refractivity contribution in [1.82, 2.24) is 4.98 Å². The number of aryl methyl sites for hydroxylation is 1. The fourth-order valence-corrected chi connectivity index (χ4v) is 1.62. The van der Waals surface area contributed by atoms with E-state index >= 15 is 0 Å². The molecule has 0 spiro atoms. The zero-order valence-corrected chi connectivity index (χ0v) is 7.86. The first kappa shape index (κ1) is 9.35. The molecule has 0 saturated carbocycles. The summed E-state index contributed by atoms with van der Waals surface area (Å²) in [4.78, 5) is 16.1. The summed E-state index contributed by atoms with van der Waals surface area (Å²) in [6.45, 7) is 2.47. The van der Waals surface area contributed by atoms with E-state index in [0.717, 1.165) is 16.3 Å². The maximum atomic E-state index is 11.3. The number of Topliss-reactive ketones (excluding diaryl/α,β-unsaturated/α-hetero) is 1. The van der Waals surface area contributed by atoms with E-state index in [0.29, 0.717) is 13.0 Å². The highest BCUT2D eigenvalue weighted by Gasteiger charge is 2.07. The smallest absolute Gasteiger partial charge is 0.174 e. The van der Waals surface area contributed by atoms with Crippen molar-refractivity contribution in [2.45, 2.75) is 19.8 Å². The maximum Gasteiger partial charge on any atom is 0.174 e. The van der Waals surface area contributed by atoms with Crippen molar-refractivity contribution >= 4 is 17.1 Å². The number of nitrogens with two attached hydrogens (primary N) is 1. The SMILES string of the molecule is Cc1ncc(C(=O)CCCN)s1. The van der Waals surface area contributed by atoms with E-state index in [9.17, 15) is 4.79 Å². The number of hydrogen-bond donors (Lipinski definition) is 1. The van der Waals surface area contributed by atoms with Crippen molar-refractivity contribution in [2.24, 2.45) is 5.73 Å². The lowest BCUT2D eigenvalue weighted by Crippen LogP contribution is -2.03. The highest BCUT2D eigenvalue weighted by atomic mass is 32.1. The van der Waals surface area contributed by atoms with Crippen LogP contribution < -0.4 is 5.73 Å². The van der Waals surface area contributed by atoms with Crippen LogP contribution in [0.5, 0.6) is 0 Å². The Bertz CT molecular complexity index is 270. The van der Waals surface area contributed by atoms with Gasteiger partial charge in [0.25, 0.3) is 0 Å². The van der Waals surface area contributed by atoms with E-state index < -0.39 is 0 Å². The Kier molecular flexibility index (Phi) is 3.37. The van der Waals surface area contributed by atoms with Gasteiger partial charge in [0.15, 0.2) is 5.78 Å². The Morgan fingerprint density at radius 2 is 2.50 bits per heavy atom. The molecule has 0 unspecified atom stereocenters. The molecule has 0 aliphatic carbocycles. The Balaban J connectivity index is 2.53. The number of ketones is 1. The number of nitrogens with zero attached hydrogens (tertiary/aromatic N) is 1. The molecule has 66 valence electrons. The highest BCUT2D eigenvalue weighted by molar-refractivity contribution is 7.13. The first-order chi connectivity index (χ1) is 5.74. The summed E-state index contributed by atoms with van der Waals surface area (Å²) in [5.74, 6) is 0.158. The van der Waals surface area contributed by atoms with Gasteiger partial charge in [0.2, 0.25) is 0 Å². The minimum atomic E-state index is 0.158. The molecule has 1 rings (SSSR count). The Hall–Kier alpha value is -0.740.